The number of nitrogens with zero attached hydrogens (tertiary/aromatic N) is 3. The number of imide groups is 2. The molecule has 0 aromatic rings. The van der Waals surface area contributed by atoms with Gasteiger partial charge in [0.2, 0.25) is 5.91 Å². The second-order valence-corrected chi connectivity index (χ2v) is 5.22. The number of nitrogens with one attached hydrogen (secondary N) is 1. The van der Waals surface area contributed by atoms with Crippen LogP contribution in [0.25, 0.3) is 0 Å². The van der Waals surface area contributed by atoms with E-state index in [0.29, 0.717) is 25.9 Å². The third kappa shape index (κ3) is 1.54. The molecule has 18 heavy (non-hydrogen) atoms. The Balaban J connectivity index is 1.80. The summed E-state index contributed by atoms with van der Waals surface area (Å²) in [6.45, 7) is 2.86. The molecular formula is C11H16N4O3. The van der Waals surface area contributed by atoms with Gasteiger partial charge >= 0.3 is 6.03 Å². The molecule has 7 nitrogen and oxygen atoms in total. The summed E-state index contributed by atoms with van der Waals surface area (Å²) in [4.78, 5) is 37.9. The number of hydrazine groups is 1. The standard InChI is InChI=1S/C11H16N4O3/c1-13-4-6-14(7-5-13)15-9(17)11(2-3-11)8(16)12-10(15)18/h2-7H2,1H3,(H,12,16,18). The minimum Gasteiger partial charge on any atom is -0.304 e. The van der Waals surface area contributed by atoms with E-state index in [1.807, 2.05) is 7.05 Å². The lowest BCUT2D eigenvalue weighted by molar-refractivity contribution is -0.158. The lowest BCUT2D eigenvalue weighted by atomic mass is 10.0. The zero-order valence-corrected chi connectivity index (χ0v) is 10.3. The number of barbiturate groups is 1. The van der Waals surface area contributed by atoms with Crippen molar-refractivity contribution in [2.75, 3.05) is 33.2 Å². The zero-order valence-electron chi connectivity index (χ0n) is 10.3. The van der Waals surface area contributed by atoms with Crippen molar-refractivity contribution in [1.29, 1.82) is 0 Å². The molecule has 0 unspecified atom stereocenters. The van der Waals surface area contributed by atoms with E-state index in [4.69, 9.17) is 0 Å². The maximum atomic E-state index is 12.3. The largest absolute Gasteiger partial charge is 0.345 e. The Morgan fingerprint density at radius 2 is 1.67 bits per heavy atom. The Bertz CT molecular complexity index is 424. The first-order valence-corrected chi connectivity index (χ1v) is 6.18. The number of carbonyl (C=O) groups excluding carboxylic acids is 3. The third-order valence-corrected chi connectivity index (χ3v) is 3.96. The predicted octanol–water partition coefficient (Wildman–Crippen LogP) is -0.993. The smallest absolute Gasteiger partial charge is 0.304 e. The molecule has 0 atom stereocenters. The number of likely N-dealkylation sites (N-methyl/N-ethyl adjacent to an activating group) is 1. The van der Waals surface area contributed by atoms with Gasteiger partial charge < -0.3 is 4.90 Å². The third-order valence-electron chi connectivity index (χ3n) is 3.96. The van der Waals surface area contributed by atoms with E-state index in [1.165, 1.54) is 0 Å². The van der Waals surface area contributed by atoms with Crippen LogP contribution in [0.3, 0.4) is 0 Å². The van der Waals surface area contributed by atoms with Gasteiger partial charge in [0.25, 0.3) is 5.91 Å². The van der Waals surface area contributed by atoms with Crippen molar-refractivity contribution < 1.29 is 14.4 Å². The molecule has 3 fully saturated rings. The fourth-order valence-corrected chi connectivity index (χ4v) is 2.48. The Labute approximate surface area is 105 Å². The zero-order chi connectivity index (χ0) is 12.9. The summed E-state index contributed by atoms with van der Waals surface area (Å²) < 4.78 is 0. The topological polar surface area (TPSA) is 73.0 Å². The summed E-state index contributed by atoms with van der Waals surface area (Å²) >= 11 is 0. The second-order valence-electron chi connectivity index (χ2n) is 5.22. The molecule has 0 aromatic heterocycles. The van der Waals surface area contributed by atoms with Crippen LogP contribution in [0.1, 0.15) is 12.8 Å². The van der Waals surface area contributed by atoms with Gasteiger partial charge in [-0.2, -0.15) is 5.01 Å². The van der Waals surface area contributed by atoms with Crippen LogP contribution >= 0.6 is 0 Å². The van der Waals surface area contributed by atoms with Crippen LogP contribution in [0.5, 0.6) is 0 Å². The fourth-order valence-electron chi connectivity index (χ4n) is 2.48. The normalized spacial score (nSPS) is 28.7. The van der Waals surface area contributed by atoms with Gasteiger partial charge in [0, 0.05) is 26.2 Å². The summed E-state index contributed by atoms with van der Waals surface area (Å²) in [5, 5.41) is 5.17. The maximum Gasteiger partial charge on any atom is 0.345 e. The lowest BCUT2D eigenvalue weighted by Gasteiger charge is -2.41. The van der Waals surface area contributed by atoms with Crippen molar-refractivity contribution in [3.63, 3.8) is 0 Å². The molecule has 0 radical (unpaired) electrons. The molecule has 1 N–H and O–H groups in total. The first-order chi connectivity index (χ1) is 8.54. The minimum atomic E-state index is -0.947. The van der Waals surface area contributed by atoms with Gasteiger partial charge in [0.15, 0.2) is 0 Å². The second kappa shape index (κ2) is 3.76. The Morgan fingerprint density at radius 1 is 1.06 bits per heavy atom. The lowest BCUT2D eigenvalue weighted by Crippen LogP contribution is -2.66. The molecule has 0 bridgehead atoms. The van der Waals surface area contributed by atoms with Crippen molar-refractivity contribution >= 4 is 17.8 Å². The first-order valence-electron chi connectivity index (χ1n) is 6.18. The van der Waals surface area contributed by atoms with Gasteiger partial charge in [0.1, 0.15) is 5.41 Å². The molecule has 7 heteroatoms. The van der Waals surface area contributed by atoms with E-state index < -0.39 is 17.4 Å². The highest BCUT2D eigenvalue weighted by Crippen LogP contribution is 2.49. The van der Waals surface area contributed by atoms with Crippen LogP contribution in [0.15, 0.2) is 0 Å². The van der Waals surface area contributed by atoms with E-state index in [-0.39, 0.29) is 5.91 Å². The van der Waals surface area contributed by atoms with Gasteiger partial charge in [-0.1, -0.05) is 0 Å². The molecule has 0 aromatic carbocycles. The van der Waals surface area contributed by atoms with Gasteiger partial charge in [0.05, 0.1) is 0 Å². The summed E-state index contributed by atoms with van der Waals surface area (Å²) in [6.07, 6.45) is 1.10. The van der Waals surface area contributed by atoms with Crippen molar-refractivity contribution in [3.05, 3.63) is 0 Å². The van der Waals surface area contributed by atoms with Gasteiger partial charge in [-0.05, 0) is 19.9 Å². The van der Waals surface area contributed by atoms with Gasteiger partial charge in [-0.15, -0.1) is 0 Å². The van der Waals surface area contributed by atoms with E-state index in [0.717, 1.165) is 18.1 Å². The number of rotatable bonds is 1. The molecule has 1 saturated carbocycles. The van der Waals surface area contributed by atoms with Crippen LogP contribution < -0.4 is 5.32 Å². The SMILES string of the molecule is CN1CCN(N2C(=O)NC(=O)C3(CC3)C2=O)CC1. The highest BCUT2D eigenvalue weighted by Gasteiger charge is 2.63. The van der Waals surface area contributed by atoms with Gasteiger partial charge in [-0.3, -0.25) is 14.9 Å². The molecule has 1 spiro atoms. The number of urea groups is 1. The molecule has 98 valence electrons. The van der Waals surface area contributed by atoms with E-state index in [1.54, 1.807) is 5.01 Å². The van der Waals surface area contributed by atoms with Crippen LogP contribution in [-0.2, 0) is 9.59 Å². The highest BCUT2D eigenvalue weighted by molar-refractivity contribution is 6.20. The van der Waals surface area contributed by atoms with E-state index in [9.17, 15) is 14.4 Å². The molecule has 2 aliphatic heterocycles. The Hall–Kier alpha value is -1.47. The van der Waals surface area contributed by atoms with Crippen molar-refractivity contribution in [2.45, 2.75) is 12.8 Å². The summed E-state index contributed by atoms with van der Waals surface area (Å²) in [6, 6.07) is -0.605. The number of amides is 4. The predicted molar refractivity (Wildman–Crippen MR) is 61.1 cm³/mol. The average Bonchev–Trinajstić information content (AvgIpc) is 3.11. The maximum absolute atomic E-state index is 12.3. The van der Waals surface area contributed by atoms with Crippen LogP contribution in [0.4, 0.5) is 4.79 Å². The van der Waals surface area contributed by atoms with Crippen LogP contribution in [0, 0.1) is 5.41 Å². The Morgan fingerprint density at radius 3 is 2.22 bits per heavy atom. The Kier molecular flexibility index (Phi) is 2.43. The van der Waals surface area contributed by atoms with Crippen molar-refractivity contribution in [1.82, 2.24) is 20.2 Å². The highest BCUT2D eigenvalue weighted by atomic mass is 16.2. The molecule has 3 rings (SSSR count). The summed E-state index contributed by atoms with van der Waals surface area (Å²) in [7, 11) is 2.00. The van der Waals surface area contributed by atoms with Crippen LogP contribution in [-0.4, -0.2) is 66.0 Å². The van der Waals surface area contributed by atoms with Gasteiger partial charge in [-0.25, -0.2) is 9.80 Å². The van der Waals surface area contributed by atoms with E-state index in [2.05, 4.69) is 10.2 Å². The number of carbonyl (C=O) groups is 3. The minimum absolute atomic E-state index is 0.346. The van der Waals surface area contributed by atoms with Crippen LogP contribution in [0.2, 0.25) is 0 Å². The van der Waals surface area contributed by atoms with Crippen molar-refractivity contribution in [3.8, 4) is 0 Å². The molecule has 4 amide bonds. The van der Waals surface area contributed by atoms with E-state index >= 15 is 0 Å². The monoisotopic (exact) mass is 252 g/mol. The summed E-state index contributed by atoms with van der Waals surface area (Å²) in [5.74, 6) is -0.774. The molecule has 3 aliphatic rings. The quantitative estimate of drug-likeness (QED) is 0.606. The number of piperazine rings is 1. The molecular weight excluding hydrogens is 236 g/mol. The first kappa shape index (κ1) is 11.6. The molecule has 2 saturated heterocycles. The number of hydrogen-bond acceptors (Lipinski definition) is 5. The fraction of sp³-hybridized carbons (Fsp3) is 0.727. The molecule has 1 aliphatic carbocycles. The average molecular weight is 252 g/mol. The summed E-state index contributed by atoms with van der Waals surface area (Å²) in [5.41, 5.74) is -0.947. The number of hydrogen-bond donors (Lipinski definition) is 1. The molecule has 2 heterocycles. The van der Waals surface area contributed by atoms with Crippen molar-refractivity contribution in [2.24, 2.45) is 5.41 Å².